The predicted octanol–water partition coefficient (Wildman–Crippen LogP) is 3.88. The van der Waals surface area contributed by atoms with Gasteiger partial charge in [-0.3, -0.25) is 9.59 Å². The van der Waals surface area contributed by atoms with Gasteiger partial charge in [-0.05, 0) is 57.2 Å². The summed E-state index contributed by atoms with van der Waals surface area (Å²) < 4.78 is 35.7. The number of ether oxygens (including phenoxy) is 1. The van der Waals surface area contributed by atoms with Crippen molar-refractivity contribution in [2.45, 2.75) is 30.7 Å². The lowest BCUT2D eigenvalue weighted by Gasteiger charge is -2.26. The Morgan fingerprint density at radius 2 is 1.95 bits per heavy atom. The number of hydrogen-bond acceptors (Lipinski definition) is 8. The number of benzene rings is 2. The van der Waals surface area contributed by atoms with Crippen molar-refractivity contribution in [1.82, 2.24) is 20.2 Å². The van der Waals surface area contributed by atoms with E-state index in [2.05, 4.69) is 20.6 Å². The normalized spacial score (nSPS) is 19.3. The highest BCUT2D eigenvalue weighted by atomic mass is 19.3. The molecule has 10 nitrogen and oxygen atoms in total. The molecule has 2 aromatic carbocycles. The summed E-state index contributed by atoms with van der Waals surface area (Å²) in [6.07, 6.45) is 2.86. The largest absolute Gasteiger partial charge is 0.495 e. The lowest BCUT2D eigenvalue weighted by Crippen LogP contribution is -2.46. The van der Waals surface area contributed by atoms with Gasteiger partial charge in [-0.2, -0.15) is 13.8 Å². The average molecular weight is 580 g/mol. The van der Waals surface area contributed by atoms with Gasteiger partial charge in [-0.15, -0.1) is 0 Å². The van der Waals surface area contributed by atoms with Crippen molar-refractivity contribution in [1.29, 1.82) is 0 Å². The molecule has 2 N–H and O–H groups in total. The van der Waals surface area contributed by atoms with Crippen molar-refractivity contribution < 1.29 is 23.1 Å². The molecule has 222 valence electrons. The summed E-state index contributed by atoms with van der Waals surface area (Å²) in [5.41, 5.74) is 2.18. The van der Waals surface area contributed by atoms with Gasteiger partial charge in [-0.25, -0.2) is 4.98 Å². The predicted molar refractivity (Wildman–Crippen MR) is 157 cm³/mol. The Morgan fingerprint density at radius 1 is 1.19 bits per heavy atom. The number of rotatable bonds is 10. The van der Waals surface area contributed by atoms with E-state index in [1.807, 2.05) is 49.3 Å². The van der Waals surface area contributed by atoms with Gasteiger partial charge in [0.15, 0.2) is 5.82 Å². The number of nitrogens with one attached hydrogen (secondary N) is 2. The molecular formula is C30H35F2N7O3. The van der Waals surface area contributed by atoms with Crippen molar-refractivity contribution in [2.24, 2.45) is 0 Å². The second-order valence-electron chi connectivity index (χ2n) is 10.9. The van der Waals surface area contributed by atoms with Gasteiger partial charge in [0.2, 0.25) is 5.95 Å². The summed E-state index contributed by atoms with van der Waals surface area (Å²) >= 11 is 0. The fraction of sp³-hybridized carbons (Fsp3) is 0.400. The van der Waals surface area contributed by atoms with Crippen molar-refractivity contribution in [3.63, 3.8) is 0 Å². The Labute approximate surface area is 243 Å². The summed E-state index contributed by atoms with van der Waals surface area (Å²) in [5, 5.41) is 5.99. The third-order valence-electron chi connectivity index (χ3n) is 7.53. The topological polar surface area (TPSA) is 103 Å². The zero-order valence-corrected chi connectivity index (χ0v) is 24.1. The first-order chi connectivity index (χ1) is 20.1. The van der Waals surface area contributed by atoms with Crippen LogP contribution in [0.2, 0.25) is 0 Å². The summed E-state index contributed by atoms with van der Waals surface area (Å²) in [7, 11) is 6.75. The van der Waals surface area contributed by atoms with Crippen molar-refractivity contribution in [2.75, 3.05) is 63.0 Å². The molecule has 1 fully saturated rings. The number of fused-ring (bicyclic) bond motifs is 1. The van der Waals surface area contributed by atoms with E-state index in [1.165, 1.54) is 25.3 Å². The molecule has 12 heteroatoms. The first-order valence-corrected chi connectivity index (χ1v) is 13.8. The van der Waals surface area contributed by atoms with E-state index in [4.69, 9.17) is 4.74 Å². The fourth-order valence-corrected chi connectivity index (χ4v) is 5.20. The second kappa shape index (κ2) is 11.9. The molecule has 1 aromatic heterocycles. The first kappa shape index (κ1) is 29.2. The van der Waals surface area contributed by atoms with Gasteiger partial charge >= 0.3 is 5.92 Å². The molecule has 2 amide bonds. The molecule has 0 radical (unpaired) electrons. The van der Waals surface area contributed by atoms with Crippen molar-refractivity contribution in [3.8, 4) is 5.75 Å². The summed E-state index contributed by atoms with van der Waals surface area (Å²) in [4.78, 5) is 38.7. The SMILES string of the molecule is COc1cc(C(=O)NCCCN(C)C)ccc1Nc1ncc2c(n1)N(C1CC1c1ccccc1)CC(F)(F)C(=O)N2C. The van der Waals surface area contributed by atoms with Gasteiger partial charge in [0.05, 0.1) is 25.5 Å². The van der Waals surface area contributed by atoms with Crippen LogP contribution in [0.25, 0.3) is 0 Å². The molecule has 3 aromatic rings. The molecule has 1 saturated carbocycles. The van der Waals surface area contributed by atoms with E-state index in [-0.39, 0.29) is 35.3 Å². The minimum absolute atomic E-state index is 0.0430. The summed E-state index contributed by atoms with van der Waals surface area (Å²) in [6, 6.07) is 14.4. The molecule has 5 rings (SSSR count). The second-order valence-corrected chi connectivity index (χ2v) is 10.9. The third-order valence-corrected chi connectivity index (χ3v) is 7.53. The Morgan fingerprint density at radius 3 is 2.67 bits per heavy atom. The molecule has 1 aliphatic heterocycles. The van der Waals surface area contributed by atoms with E-state index in [0.717, 1.165) is 23.4 Å². The van der Waals surface area contributed by atoms with Gasteiger partial charge in [-0.1, -0.05) is 30.3 Å². The maximum atomic E-state index is 15.1. The molecule has 2 heterocycles. The number of hydrogen-bond donors (Lipinski definition) is 2. The standard InChI is InChI=1S/C30H35F2N7O3/c1-37(2)14-8-13-33-27(40)20-11-12-22(25(15-20)42-4)35-29-34-17-24-26(36-29)39(18-30(31,32)28(41)38(24)3)23-16-21(23)19-9-6-5-7-10-19/h5-7,9-12,15,17,21,23H,8,13-14,16,18H2,1-4H3,(H,33,40)(H,34,35,36). The molecule has 2 atom stereocenters. The smallest absolute Gasteiger partial charge is 0.342 e. The van der Waals surface area contributed by atoms with Gasteiger partial charge < -0.3 is 30.1 Å². The average Bonchev–Trinajstić information content (AvgIpc) is 3.79. The van der Waals surface area contributed by atoms with Gasteiger partial charge in [0, 0.05) is 31.1 Å². The Balaban J connectivity index is 1.40. The third kappa shape index (κ3) is 6.13. The highest BCUT2D eigenvalue weighted by molar-refractivity contribution is 6.02. The molecule has 0 spiro atoms. The lowest BCUT2D eigenvalue weighted by molar-refractivity contribution is -0.140. The van der Waals surface area contributed by atoms with E-state index in [0.29, 0.717) is 30.0 Å². The van der Waals surface area contributed by atoms with Crippen LogP contribution in [0.3, 0.4) is 0 Å². The monoisotopic (exact) mass is 579 g/mol. The van der Waals surface area contributed by atoms with Crippen LogP contribution in [0.15, 0.2) is 54.7 Å². The highest BCUT2D eigenvalue weighted by Gasteiger charge is 2.53. The van der Waals surface area contributed by atoms with Crippen LogP contribution >= 0.6 is 0 Å². The number of methoxy groups -OCH3 is 1. The first-order valence-electron chi connectivity index (χ1n) is 13.8. The van der Waals surface area contributed by atoms with Crippen LogP contribution in [-0.2, 0) is 4.79 Å². The molecule has 2 aliphatic rings. The van der Waals surface area contributed by atoms with Crippen LogP contribution in [-0.4, -0.2) is 86.5 Å². The van der Waals surface area contributed by atoms with Crippen molar-refractivity contribution in [3.05, 3.63) is 65.9 Å². The van der Waals surface area contributed by atoms with Crippen LogP contribution in [0.4, 0.5) is 31.9 Å². The van der Waals surface area contributed by atoms with E-state index in [9.17, 15) is 9.59 Å². The lowest BCUT2D eigenvalue weighted by atomic mass is 10.1. The molecule has 2 unspecified atom stereocenters. The molecule has 42 heavy (non-hydrogen) atoms. The number of carbonyl (C=O) groups excluding carboxylic acids is 2. The number of aromatic nitrogens is 2. The molecular weight excluding hydrogens is 544 g/mol. The minimum atomic E-state index is -3.60. The Hall–Kier alpha value is -4.32. The van der Waals surface area contributed by atoms with E-state index in [1.54, 1.807) is 18.2 Å². The minimum Gasteiger partial charge on any atom is -0.495 e. The fourth-order valence-electron chi connectivity index (χ4n) is 5.20. The van der Waals surface area contributed by atoms with Gasteiger partial charge in [0.25, 0.3) is 11.8 Å². The molecule has 0 bridgehead atoms. The number of amides is 2. The zero-order chi connectivity index (χ0) is 30.0. The quantitative estimate of drug-likeness (QED) is 0.349. The van der Waals surface area contributed by atoms with Crippen LogP contribution in [0.1, 0.15) is 34.7 Å². The summed E-state index contributed by atoms with van der Waals surface area (Å²) in [5.74, 6) is -4.30. The number of halogens is 2. The maximum absolute atomic E-state index is 15.1. The molecule has 0 saturated heterocycles. The van der Waals surface area contributed by atoms with Crippen molar-refractivity contribution >= 4 is 35.0 Å². The zero-order valence-electron chi connectivity index (χ0n) is 24.1. The molecule has 1 aliphatic carbocycles. The summed E-state index contributed by atoms with van der Waals surface area (Å²) in [6.45, 7) is 0.621. The van der Waals surface area contributed by atoms with Crippen LogP contribution in [0.5, 0.6) is 5.75 Å². The number of anilines is 4. The Bertz CT molecular complexity index is 1450. The number of nitrogens with zero attached hydrogens (tertiary/aromatic N) is 5. The van der Waals surface area contributed by atoms with Crippen LogP contribution < -0.4 is 25.2 Å². The number of alkyl halides is 2. The Kier molecular flexibility index (Phi) is 8.26. The maximum Gasteiger partial charge on any atom is 0.342 e. The number of carbonyl (C=O) groups is 2. The van der Waals surface area contributed by atoms with E-state index < -0.39 is 18.4 Å². The van der Waals surface area contributed by atoms with Gasteiger partial charge in [0.1, 0.15) is 11.4 Å². The van der Waals surface area contributed by atoms with E-state index >= 15 is 8.78 Å². The highest BCUT2D eigenvalue weighted by Crippen LogP contribution is 2.49. The van der Waals surface area contributed by atoms with Crippen LogP contribution in [0, 0.1) is 0 Å².